The Bertz CT molecular complexity index is 805. The Morgan fingerprint density at radius 1 is 1.19 bits per heavy atom. The number of anilines is 1. The van der Waals surface area contributed by atoms with E-state index in [1.165, 1.54) is 6.08 Å². The first-order valence-corrected chi connectivity index (χ1v) is 8.99. The topological polar surface area (TPSA) is 72.6 Å². The second-order valence-corrected chi connectivity index (χ2v) is 6.47. The Hall–Kier alpha value is -2.75. The average Bonchev–Trinajstić information content (AvgIpc) is 2.61. The van der Waals surface area contributed by atoms with Crippen LogP contribution in [0.3, 0.4) is 0 Å². The molecule has 0 saturated carbocycles. The summed E-state index contributed by atoms with van der Waals surface area (Å²) in [7, 11) is 0. The maximum Gasteiger partial charge on any atom is 0.185 e. The number of rotatable bonds is 7. The smallest absolute Gasteiger partial charge is 0.185 e. The van der Waals surface area contributed by atoms with E-state index in [9.17, 15) is 9.90 Å². The minimum absolute atomic E-state index is 0.0351. The molecule has 0 aliphatic carbocycles. The van der Waals surface area contributed by atoms with Gasteiger partial charge in [-0.05, 0) is 74.7 Å². The van der Waals surface area contributed by atoms with Gasteiger partial charge in [0.2, 0.25) is 0 Å². The van der Waals surface area contributed by atoms with Crippen LogP contribution >= 0.6 is 0 Å². The monoisotopic (exact) mass is 353 g/mol. The van der Waals surface area contributed by atoms with E-state index in [-0.39, 0.29) is 17.6 Å². The second-order valence-electron chi connectivity index (χ2n) is 6.47. The highest BCUT2D eigenvalue weighted by atomic mass is 16.5. The van der Waals surface area contributed by atoms with Gasteiger partial charge in [-0.1, -0.05) is 13.8 Å². The van der Waals surface area contributed by atoms with Crippen molar-refractivity contribution in [3.63, 3.8) is 0 Å². The fraction of sp³-hybridized carbons (Fsp3) is 0.318. The summed E-state index contributed by atoms with van der Waals surface area (Å²) in [4.78, 5) is 12.4. The van der Waals surface area contributed by atoms with E-state index in [2.05, 4.69) is 0 Å². The van der Waals surface area contributed by atoms with Gasteiger partial charge < -0.3 is 15.6 Å². The van der Waals surface area contributed by atoms with E-state index in [0.717, 1.165) is 16.7 Å². The fourth-order valence-electron chi connectivity index (χ4n) is 2.80. The third kappa shape index (κ3) is 4.45. The number of nitrogens with two attached hydrogens (primary N) is 1. The summed E-state index contributed by atoms with van der Waals surface area (Å²) in [5.74, 6) is 0.816. The van der Waals surface area contributed by atoms with Crippen LogP contribution < -0.4 is 10.5 Å². The first-order chi connectivity index (χ1) is 12.4. The van der Waals surface area contributed by atoms with Gasteiger partial charge in [-0.15, -0.1) is 0 Å². The number of aryl methyl sites for hydroxylation is 1. The molecule has 4 nitrogen and oxygen atoms in total. The van der Waals surface area contributed by atoms with E-state index in [1.807, 2.05) is 33.8 Å². The number of phenols is 1. The number of aromatic hydroxyl groups is 1. The van der Waals surface area contributed by atoms with Gasteiger partial charge in [-0.3, -0.25) is 4.79 Å². The van der Waals surface area contributed by atoms with Crippen LogP contribution in [0.1, 0.15) is 54.7 Å². The highest BCUT2D eigenvalue weighted by Crippen LogP contribution is 2.37. The lowest BCUT2D eigenvalue weighted by Crippen LogP contribution is -2.09. The number of carbonyl (C=O) groups is 1. The van der Waals surface area contributed by atoms with Gasteiger partial charge in [0.25, 0.3) is 0 Å². The minimum atomic E-state index is -0.107. The summed E-state index contributed by atoms with van der Waals surface area (Å²) in [5.41, 5.74) is 9.29. The number of phenolic OH excluding ortho intramolecular Hbond substituents is 1. The Balaban J connectivity index is 2.45. The Morgan fingerprint density at radius 2 is 1.85 bits per heavy atom. The molecule has 0 amide bonds. The second kappa shape index (κ2) is 8.56. The molecule has 0 aromatic heterocycles. The number of nitrogen functional groups attached to an aromatic ring is 1. The van der Waals surface area contributed by atoms with Crippen molar-refractivity contribution in [3.05, 3.63) is 58.7 Å². The van der Waals surface area contributed by atoms with E-state index >= 15 is 0 Å². The van der Waals surface area contributed by atoms with Crippen LogP contribution in [-0.2, 0) is 12.8 Å². The van der Waals surface area contributed by atoms with Crippen LogP contribution in [0.25, 0.3) is 6.08 Å². The molecule has 0 aliphatic heterocycles. The predicted octanol–water partition coefficient (Wildman–Crippen LogP) is 4.78. The van der Waals surface area contributed by atoms with Gasteiger partial charge in [-0.2, -0.15) is 0 Å². The molecule has 0 aliphatic rings. The molecular weight excluding hydrogens is 326 g/mol. The van der Waals surface area contributed by atoms with Crippen LogP contribution in [0.2, 0.25) is 0 Å². The summed E-state index contributed by atoms with van der Waals surface area (Å²) in [6.45, 7) is 7.85. The third-order valence-electron chi connectivity index (χ3n) is 4.15. The molecular formula is C22H27NO3. The largest absolute Gasteiger partial charge is 0.507 e. The molecule has 0 atom stereocenters. The van der Waals surface area contributed by atoms with Crippen molar-refractivity contribution in [3.8, 4) is 11.5 Å². The SMILES string of the molecule is CCc1cc(C=CC(=O)c2ccc(N)cc2)c(OC(C)C)c(CC)c1O. The Labute approximate surface area is 155 Å². The highest BCUT2D eigenvalue weighted by Gasteiger charge is 2.17. The van der Waals surface area contributed by atoms with Gasteiger partial charge in [-0.25, -0.2) is 0 Å². The summed E-state index contributed by atoms with van der Waals surface area (Å²) >= 11 is 0. The van der Waals surface area contributed by atoms with Crippen LogP contribution in [0.15, 0.2) is 36.4 Å². The summed E-state index contributed by atoms with van der Waals surface area (Å²) < 4.78 is 5.96. The van der Waals surface area contributed by atoms with Gasteiger partial charge in [0.1, 0.15) is 11.5 Å². The van der Waals surface area contributed by atoms with Gasteiger partial charge >= 0.3 is 0 Å². The van der Waals surface area contributed by atoms with Gasteiger partial charge in [0.15, 0.2) is 5.78 Å². The molecule has 0 spiro atoms. The van der Waals surface area contributed by atoms with Gasteiger partial charge in [0.05, 0.1) is 6.10 Å². The van der Waals surface area contributed by atoms with Crippen LogP contribution in [0, 0.1) is 0 Å². The van der Waals surface area contributed by atoms with Crippen molar-refractivity contribution in [2.75, 3.05) is 5.73 Å². The number of benzene rings is 2. The van der Waals surface area contributed by atoms with Crippen molar-refractivity contribution in [2.45, 2.75) is 46.6 Å². The molecule has 0 bridgehead atoms. The molecule has 0 unspecified atom stereocenters. The van der Waals surface area contributed by atoms with Crippen LogP contribution in [-0.4, -0.2) is 17.0 Å². The van der Waals surface area contributed by atoms with Gasteiger partial charge in [0, 0.05) is 22.4 Å². The number of allylic oxidation sites excluding steroid dienone is 1. The standard InChI is InChI=1S/C22H27NO3/c1-5-15-13-17(22(26-14(3)4)19(6-2)21(15)25)9-12-20(24)16-7-10-18(23)11-8-16/h7-14,25H,5-6,23H2,1-4H3. The Morgan fingerprint density at radius 3 is 2.38 bits per heavy atom. The number of hydrogen-bond acceptors (Lipinski definition) is 4. The molecule has 2 aromatic carbocycles. The Kier molecular flexibility index (Phi) is 6.45. The molecule has 4 heteroatoms. The third-order valence-corrected chi connectivity index (χ3v) is 4.15. The summed E-state index contributed by atoms with van der Waals surface area (Å²) in [6.07, 6.45) is 4.60. The molecule has 26 heavy (non-hydrogen) atoms. The molecule has 0 radical (unpaired) electrons. The molecule has 138 valence electrons. The van der Waals surface area contributed by atoms with E-state index in [4.69, 9.17) is 10.5 Å². The van der Waals surface area contributed by atoms with Crippen molar-refractivity contribution in [2.24, 2.45) is 0 Å². The summed E-state index contributed by atoms with van der Waals surface area (Å²) in [5, 5.41) is 10.5. The number of ketones is 1. The lowest BCUT2D eigenvalue weighted by molar-refractivity contribution is 0.104. The number of carbonyl (C=O) groups excluding carboxylic acids is 1. The first-order valence-electron chi connectivity index (χ1n) is 8.99. The predicted molar refractivity (Wildman–Crippen MR) is 107 cm³/mol. The quantitative estimate of drug-likeness (QED) is 0.427. The molecule has 0 heterocycles. The van der Waals surface area contributed by atoms with Crippen molar-refractivity contribution < 1.29 is 14.6 Å². The van der Waals surface area contributed by atoms with E-state index in [0.29, 0.717) is 29.8 Å². The van der Waals surface area contributed by atoms with Crippen molar-refractivity contribution >= 4 is 17.5 Å². The normalized spacial score (nSPS) is 11.3. The number of ether oxygens (including phenoxy) is 1. The lowest BCUT2D eigenvalue weighted by Gasteiger charge is -2.19. The molecule has 2 rings (SSSR count). The molecule has 0 fully saturated rings. The van der Waals surface area contributed by atoms with E-state index in [1.54, 1.807) is 30.3 Å². The highest BCUT2D eigenvalue weighted by molar-refractivity contribution is 6.07. The first kappa shape index (κ1) is 19.6. The fourth-order valence-corrected chi connectivity index (χ4v) is 2.80. The van der Waals surface area contributed by atoms with Crippen LogP contribution in [0.5, 0.6) is 11.5 Å². The zero-order valence-electron chi connectivity index (χ0n) is 15.9. The average molecular weight is 353 g/mol. The van der Waals surface area contributed by atoms with E-state index < -0.39 is 0 Å². The zero-order valence-corrected chi connectivity index (χ0v) is 15.9. The zero-order chi connectivity index (χ0) is 19.3. The van der Waals surface area contributed by atoms with Crippen LogP contribution in [0.4, 0.5) is 5.69 Å². The molecule has 0 saturated heterocycles. The van der Waals surface area contributed by atoms with Crippen molar-refractivity contribution in [1.82, 2.24) is 0 Å². The number of hydrogen-bond donors (Lipinski definition) is 2. The maximum atomic E-state index is 12.4. The summed E-state index contributed by atoms with van der Waals surface area (Å²) in [6, 6.07) is 8.72. The minimum Gasteiger partial charge on any atom is -0.507 e. The molecule has 2 aromatic rings. The maximum absolute atomic E-state index is 12.4. The lowest BCUT2D eigenvalue weighted by atomic mass is 9.98. The molecule has 3 N–H and O–H groups in total. The van der Waals surface area contributed by atoms with Crippen molar-refractivity contribution in [1.29, 1.82) is 0 Å².